The van der Waals surface area contributed by atoms with Crippen molar-refractivity contribution in [3.63, 3.8) is 0 Å². The van der Waals surface area contributed by atoms with Crippen LogP contribution >= 0.6 is 24.0 Å². The molecule has 7 heteroatoms. The Bertz CT molecular complexity index is 827. The van der Waals surface area contributed by atoms with Crippen molar-refractivity contribution in [2.75, 3.05) is 34.9 Å². The van der Waals surface area contributed by atoms with Crippen LogP contribution in [0.25, 0.3) is 0 Å². The monoisotopic (exact) mass is 497 g/mol. The van der Waals surface area contributed by atoms with Crippen molar-refractivity contribution in [2.24, 2.45) is 4.99 Å². The van der Waals surface area contributed by atoms with Gasteiger partial charge in [-0.25, -0.2) is 0 Å². The number of guanidine groups is 1. The number of ether oxygens (including phenoxy) is 3. The van der Waals surface area contributed by atoms with E-state index in [1.165, 1.54) is 11.1 Å². The van der Waals surface area contributed by atoms with Crippen LogP contribution in [0, 0.1) is 0 Å². The Labute approximate surface area is 183 Å². The third-order valence-corrected chi connectivity index (χ3v) is 4.87. The Balaban J connectivity index is 0.00000280. The minimum absolute atomic E-state index is 0. The molecule has 0 atom stereocenters. The summed E-state index contributed by atoms with van der Waals surface area (Å²) in [6.07, 6.45) is 1.02. The molecule has 0 spiro atoms. The first-order valence-electron chi connectivity index (χ1n) is 9.01. The number of halogens is 1. The molecule has 1 aliphatic heterocycles. The summed E-state index contributed by atoms with van der Waals surface area (Å²) in [5.41, 5.74) is 3.76. The second-order valence-corrected chi connectivity index (χ2v) is 6.36. The molecule has 0 saturated heterocycles. The molecule has 2 aromatic rings. The quantitative estimate of drug-likeness (QED) is 0.390. The van der Waals surface area contributed by atoms with Gasteiger partial charge in [0.2, 0.25) is 0 Å². The summed E-state index contributed by atoms with van der Waals surface area (Å²) in [6.45, 7) is 2.38. The SMILES string of the molecule is CN=C(NCc1cc(OC)c(OC)cc1OC)N1CCc2ccccc2C1.I. The second kappa shape index (κ2) is 10.4. The van der Waals surface area contributed by atoms with E-state index in [-0.39, 0.29) is 24.0 Å². The van der Waals surface area contributed by atoms with Crippen molar-refractivity contribution < 1.29 is 14.2 Å². The van der Waals surface area contributed by atoms with Gasteiger partial charge in [0.05, 0.1) is 21.3 Å². The van der Waals surface area contributed by atoms with Gasteiger partial charge in [-0.15, -0.1) is 24.0 Å². The van der Waals surface area contributed by atoms with Gasteiger partial charge < -0.3 is 24.4 Å². The van der Waals surface area contributed by atoms with E-state index in [4.69, 9.17) is 14.2 Å². The van der Waals surface area contributed by atoms with Crippen LogP contribution in [-0.4, -0.2) is 45.8 Å². The van der Waals surface area contributed by atoms with Gasteiger partial charge in [0, 0.05) is 38.3 Å². The first-order chi connectivity index (χ1) is 13.2. The zero-order valence-corrected chi connectivity index (χ0v) is 19.2. The Morgan fingerprint density at radius 3 is 2.29 bits per heavy atom. The third kappa shape index (κ3) is 4.81. The fourth-order valence-electron chi connectivity index (χ4n) is 3.41. The molecule has 0 unspecified atom stereocenters. The van der Waals surface area contributed by atoms with Crippen LogP contribution in [0.3, 0.4) is 0 Å². The van der Waals surface area contributed by atoms with E-state index in [0.29, 0.717) is 18.0 Å². The summed E-state index contributed by atoms with van der Waals surface area (Å²) in [5, 5.41) is 3.45. The van der Waals surface area contributed by atoms with E-state index in [0.717, 1.165) is 36.8 Å². The van der Waals surface area contributed by atoms with Gasteiger partial charge in [0.25, 0.3) is 0 Å². The van der Waals surface area contributed by atoms with Gasteiger partial charge in [-0.2, -0.15) is 0 Å². The topological polar surface area (TPSA) is 55.3 Å². The summed E-state index contributed by atoms with van der Waals surface area (Å²) < 4.78 is 16.3. The maximum absolute atomic E-state index is 5.52. The predicted molar refractivity (Wildman–Crippen MR) is 122 cm³/mol. The van der Waals surface area contributed by atoms with Gasteiger partial charge >= 0.3 is 0 Å². The van der Waals surface area contributed by atoms with Crippen LogP contribution in [0.5, 0.6) is 17.2 Å². The first kappa shape index (κ1) is 22.1. The molecule has 0 bridgehead atoms. The molecule has 0 saturated carbocycles. The molecule has 1 heterocycles. The fourth-order valence-corrected chi connectivity index (χ4v) is 3.41. The van der Waals surface area contributed by atoms with Crippen LogP contribution < -0.4 is 19.5 Å². The van der Waals surface area contributed by atoms with Crippen LogP contribution in [0.2, 0.25) is 0 Å². The van der Waals surface area contributed by atoms with Crippen molar-refractivity contribution in [1.82, 2.24) is 10.2 Å². The highest BCUT2D eigenvalue weighted by molar-refractivity contribution is 14.0. The number of fused-ring (bicyclic) bond motifs is 1. The number of nitrogens with zero attached hydrogens (tertiary/aromatic N) is 2. The van der Waals surface area contributed by atoms with Gasteiger partial charge in [-0.1, -0.05) is 24.3 Å². The standard InChI is InChI=1S/C21H27N3O3.HI/c1-22-21(24-10-9-15-7-5-6-8-16(15)14-24)23-13-17-11-19(26-3)20(27-4)12-18(17)25-2;/h5-8,11-12H,9-10,13-14H2,1-4H3,(H,22,23);1H. The van der Waals surface area contributed by atoms with Gasteiger partial charge in [-0.05, 0) is 23.6 Å². The summed E-state index contributed by atoms with van der Waals surface area (Å²) in [4.78, 5) is 6.74. The summed E-state index contributed by atoms with van der Waals surface area (Å²) >= 11 is 0. The zero-order valence-electron chi connectivity index (χ0n) is 16.8. The first-order valence-corrected chi connectivity index (χ1v) is 9.01. The van der Waals surface area contributed by atoms with Crippen molar-refractivity contribution in [3.05, 3.63) is 53.1 Å². The molecule has 0 aliphatic carbocycles. The molecule has 28 heavy (non-hydrogen) atoms. The number of nitrogens with one attached hydrogen (secondary N) is 1. The summed E-state index contributed by atoms with van der Waals surface area (Å²) in [5.74, 6) is 2.95. The molecular formula is C21H28IN3O3. The lowest BCUT2D eigenvalue weighted by Crippen LogP contribution is -2.43. The average Bonchev–Trinajstić information content (AvgIpc) is 2.73. The zero-order chi connectivity index (χ0) is 19.2. The van der Waals surface area contributed by atoms with Gasteiger partial charge in [0.15, 0.2) is 17.5 Å². The summed E-state index contributed by atoms with van der Waals surface area (Å²) in [6, 6.07) is 12.4. The largest absolute Gasteiger partial charge is 0.496 e. The van der Waals surface area contributed by atoms with E-state index in [1.807, 2.05) is 19.2 Å². The summed E-state index contributed by atoms with van der Waals surface area (Å²) in [7, 11) is 6.72. The average molecular weight is 497 g/mol. The Hall–Kier alpha value is -2.16. The number of rotatable bonds is 5. The highest BCUT2D eigenvalue weighted by atomic mass is 127. The van der Waals surface area contributed by atoms with Crippen molar-refractivity contribution in [3.8, 4) is 17.2 Å². The normalized spacial score (nSPS) is 13.3. The minimum atomic E-state index is 0. The molecule has 1 N–H and O–H groups in total. The molecular weight excluding hydrogens is 469 g/mol. The number of methoxy groups -OCH3 is 3. The van der Waals surface area contributed by atoms with E-state index in [9.17, 15) is 0 Å². The Kier molecular flexibility index (Phi) is 8.22. The lowest BCUT2D eigenvalue weighted by atomic mass is 10.0. The maximum atomic E-state index is 5.52. The Morgan fingerprint density at radius 2 is 1.64 bits per heavy atom. The van der Waals surface area contributed by atoms with Crippen LogP contribution in [0.4, 0.5) is 0 Å². The van der Waals surface area contributed by atoms with Crippen molar-refractivity contribution >= 4 is 29.9 Å². The van der Waals surface area contributed by atoms with E-state index < -0.39 is 0 Å². The molecule has 0 aromatic heterocycles. The number of hydrogen-bond donors (Lipinski definition) is 1. The molecule has 0 amide bonds. The number of hydrogen-bond acceptors (Lipinski definition) is 4. The minimum Gasteiger partial charge on any atom is -0.496 e. The van der Waals surface area contributed by atoms with Crippen molar-refractivity contribution in [1.29, 1.82) is 0 Å². The molecule has 152 valence electrons. The van der Waals surface area contributed by atoms with Crippen molar-refractivity contribution in [2.45, 2.75) is 19.5 Å². The number of aliphatic imine (C=N–C) groups is 1. The highest BCUT2D eigenvalue weighted by Gasteiger charge is 2.19. The molecule has 0 radical (unpaired) electrons. The third-order valence-electron chi connectivity index (χ3n) is 4.87. The van der Waals surface area contributed by atoms with Crippen LogP contribution in [0.15, 0.2) is 41.4 Å². The molecule has 3 rings (SSSR count). The second-order valence-electron chi connectivity index (χ2n) is 6.36. The Morgan fingerprint density at radius 1 is 1.00 bits per heavy atom. The lowest BCUT2D eigenvalue weighted by Gasteiger charge is -2.31. The smallest absolute Gasteiger partial charge is 0.194 e. The highest BCUT2D eigenvalue weighted by Crippen LogP contribution is 2.34. The number of benzene rings is 2. The van der Waals surface area contributed by atoms with E-state index in [1.54, 1.807) is 21.3 Å². The van der Waals surface area contributed by atoms with Crippen LogP contribution in [-0.2, 0) is 19.5 Å². The van der Waals surface area contributed by atoms with Gasteiger partial charge in [0.1, 0.15) is 5.75 Å². The molecule has 2 aromatic carbocycles. The predicted octanol–water partition coefficient (Wildman–Crippen LogP) is 3.46. The maximum Gasteiger partial charge on any atom is 0.194 e. The molecule has 0 fully saturated rings. The van der Waals surface area contributed by atoms with Crippen LogP contribution in [0.1, 0.15) is 16.7 Å². The van der Waals surface area contributed by atoms with E-state index >= 15 is 0 Å². The fraction of sp³-hybridized carbons (Fsp3) is 0.381. The van der Waals surface area contributed by atoms with E-state index in [2.05, 4.69) is 39.5 Å². The molecule has 1 aliphatic rings. The molecule has 6 nitrogen and oxygen atoms in total. The lowest BCUT2D eigenvalue weighted by molar-refractivity contribution is 0.347. The van der Waals surface area contributed by atoms with Gasteiger partial charge in [-0.3, -0.25) is 4.99 Å².